The monoisotopic (exact) mass is 330 g/mol. The number of phenolic OH excluding ortho intramolecular Hbond substituents is 1. The molecule has 2 bridgehead atoms. The summed E-state index contributed by atoms with van der Waals surface area (Å²) in [5, 5.41) is 21.2. The third-order valence-electron chi connectivity index (χ3n) is 6.79. The molecule has 2 aliphatic heterocycles. The van der Waals surface area contributed by atoms with Gasteiger partial charge in [0.2, 0.25) is 5.79 Å². The summed E-state index contributed by atoms with van der Waals surface area (Å²) in [6, 6.07) is 1.86. The zero-order valence-corrected chi connectivity index (χ0v) is 14.3. The molecule has 0 aromatic heterocycles. The Balaban J connectivity index is 1.84. The molecule has 0 unspecified atom stereocenters. The van der Waals surface area contributed by atoms with Gasteiger partial charge in [-0.05, 0) is 30.9 Å². The van der Waals surface area contributed by atoms with Crippen molar-refractivity contribution in [2.24, 2.45) is 0 Å². The van der Waals surface area contributed by atoms with Gasteiger partial charge in [-0.3, -0.25) is 0 Å². The first-order valence-corrected chi connectivity index (χ1v) is 8.89. The first-order valence-electron chi connectivity index (χ1n) is 8.89. The fraction of sp³-hybridized carbons (Fsp3) is 0.632. The Morgan fingerprint density at radius 2 is 2.17 bits per heavy atom. The van der Waals surface area contributed by atoms with Crippen molar-refractivity contribution in [3.05, 3.63) is 22.8 Å². The molecule has 0 saturated heterocycles. The normalized spacial score (nSPS) is 36.2. The van der Waals surface area contributed by atoms with Crippen molar-refractivity contribution >= 4 is 5.71 Å². The Morgan fingerprint density at radius 3 is 2.96 bits per heavy atom. The summed E-state index contributed by atoms with van der Waals surface area (Å²) < 4.78 is 14.2. The highest BCUT2D eigenvalue weighted by Gasteiger charge is 2.60. The van der Waals surface area contributed by atoms with Gasteiger partial charge in [-0.25, -0.2) is 4.58 Å². The molecule has 5 nitrogen and oxygen atoms in total. The van der Waals surface area contributed by atoms with Crippen molar-refractivity contribution in [2.45, 2.75) is 55.8 Å². The summed E-state index contributed by atoms with van der Waals surface area (Å²) in [5.41, 5.74) is 5.01. The highest BCUT2D eigenvalue weighted by atomic mass is 16.7. The van der Waals surface area contributed by atoms with E-state index in [1.807, 2.05) is 6.07 Å². The molecule has 4 aliphatic rings. The number of rotatable bonds is 1. The molecular formula is C19H24NO4+. The zero-order chi connectivity index (χ0) is 16.7. The molecule has 2 aliphatic carbocycles. The van der Waals surface area contributed by atoms with Crippen molar-refractivity contribution in [3.63, 3.8) is 0 Å². The van der Waals surface area contributed by atoms with E-state index in [4.69, 9.17) is 9.47 Å². The second-order valence-corrected chi connectivity index (χ2v) is 7.88. The number of hydrogen-bond acceptors (Lipinski definition) is 4. The van der Waals surface area contributed by atoms with Gasteiger partial charge in [-0.2, -0.15) is 0 Å². The third-order valence-corrected chi connectivity index (χ3v) is 6.79. The first-order chi connectivity index (χ1) is 11.5. The number of aromatic hydroxyl groups is 1. The summed E-state index contributed by atoms with van der Waals surface area (Å²) in [4.78, 5) is 0. The molecular weight excluding hydrogens is 306 g/mol. The highest BCUT2D eigenvalue weighted by Crippen LogP contribution is 2.60. The van der Waals surface area contributed by atoms with Crippen LogP contribution in [0, 0.1) is 0 Å². The van der Waals surface area contributed by atoms with Crippen molar-refractivity contribution in [1.82, 2.24) is 0 Å². The Hall–Kier alpha value is -1.59. The Kier molecular flexibility index (Phi) is 2.78. The fourth-order valence-electron chi connectivity index (χ4n) is 5.52. The van der Waals surface area contributed by atoms with Crippen LogP contribution in [0.15, 0.2) is 6.07 Å². The van der Waals surface area contributed by atoms with E-state index in [0.717, 1.165) is 32.2 Å². The fourth-order valence-corrected chi connectivity index (χ4v) is 5.52. The zero-order valence-electron chi connectivity index (χ0n) is 14.3. The molecule has 1 fully saturated rings. The van der Waals surface area contributed by atoms with Gasteiger partial charge >= 0.3 is 0 Å². The number of ether oxygens (including phenoxy) is 2. The van der Waals surface area contributed by atoms with Gasteiger partial charge in [-0.1, -0.05) is 0 Å². The SMILES string of the molecule is CO[C@]12C[C@@]3(CCC4=[N+](C)CCc5cc(O)c(c3c54)O1)CC[C@@H]2O. The molecule has 1 aromatic rings. The van der Waals surface area contributed by atoms with Crippen molar-refractivity contribution in [3.8, 4) is 11.5 Å². The first kappa shape index (κ1) is 14.7. The minimum absolute atomic E-state index is 0.0622. The van der Waals surface area contributed by atoms with Crippen LogP contribution in [0.4, 0.5) is 0 Å². The lowest BCUT2D eigenvalue weighted by atomic mass is 9.57. The van der Waals surface area contributed by atoms with E-state index in [9.17, 15) is 10.2 Å². The molecule has 1 spiro atoms. The largest absolute Gasteiger partial charge is 0.504 e. The molecule has 5 heteroatoms. The number of phenols is 1. The summed E-state index contributed by atoms with van der Waals surface area (Å²) >= 11 is 0. The third kappa shape index (κ3) is 1.60. The lowest BCUT2D eigenvalue weighted by Crippen LogP contribution is -2.61. The number of aliphatic hydroxyl groups excluding tert-OH is 1. The maximum Gasteiger partial charge on any atom is 0.237 e. The van der Waals surface area contributed by atoms with Crippen molar-refractivity contribution in [1.29, 1.82) is 0 Å². The minimum atomic E-state index is -1.03. The van der Waals surface area contributed by atoms with Crippen LogP contribution in [0.3, 0.4) is 0 Å². The molecule has 0 amide bonds. The number of methoxy groups -OCH3 is 1. The molecule has 5 rings (SSSR count). The molecule has 2 N–H and O–H groups in total. The lowest BCUT2D eigenvalue weighted by molar-refractivity contribution is -0.499. The van der Waals surface area contributed by atoms with Crippen LogP contribution in [-0.2, 0) is 16.6 Å². The van der Waals surface area contributed by atoms with Gasteiger partial charge in [-0.15, -0.1) is 0 Å². The van der Waals surface area contributed by atoms with Gasteiger partial charge < -0.3 is 19.7 Å². The number of benzene rings is 1. The summed E-state index contributed by atoms with van der Waals surface area (Å²) in [7, 11) is 3.75. The van der Waals surface area contributed by atoms with Crippen LogP contribution >= 0.6 is 0 Å². The van der Waals surface area contributed by atoms with Gasteiger partial charge in [0.15, 0.2) is 17.2 Å². The number of aliphatic hydroxyl groups is 1. The summed E-state index contributed by atoms with van der Waals surface area (Å²) in [6.45, 7) is 0.995. The van der Waals surface area contributed by atoms with Crippen LogP contribution in [0.25, 0.3) is 0 Å². The van der Waals surface area contributed by atoms with Gasteiger partial charge in [0.25, 0.3) is 0 Å². The predicted octanol–water partition coefficient (Wildman–Crippen LogP) is 1.69. The quantitative estimate of drug-likeness (QED) is 0.769. The topological polar surface area (TPSA) is 61.9 Å². The Labute approximate surface area is 141 Å². The van der Waals surface area contributed by atoms with E-state index in [1.54, 1.807) is 7.11 Å². The maximum atomic E-state index is 10.7. The predicted molar refractivity (Wildman–Crippen MR) is 88.1 cm³/mol. The summed E-state index contributed by atoms with van der Waals surface area (Å²) in [6.07, 6.45) is 4.60. The van der Waals surface area contributed by atoms with Gasteiger partial charge in [0.05, 0.1) is 5.56 Å². The van der Waals surface area contributed by atoms with Gasteiger partial charge in [0, 0.05) is 37.4 Å². The molecule has 3 atom stereocenters. The van der Waals surface area contributed by atoms with Crippen LogP contribution in [-0.4, -0.2) is 53.1 Å². The second-order valence-electron chi connectivity index (χ2n) is 7.88. The van der Waals surface area contributed by atoms with Crippen molar-refractivity contribution < 1.29 is 24.3 Å². The van der Waals surface area contributed by atoms with Crippen LogP contribution < -0.4 is 4.74 Å². The average Bonchev–Trinajstić information content (AvgIpc) is 2.59. The molecule has 1 aromatic carbocycles. The molecule has 24 heavy (non-hydrogen) atoms. The van der Waals surface area contributed by atoms with E-state index >= 15 is 0 Å². The molecule has 0 radical (unpaired) electrons. The minimum Gasteiger partial charge on any atom is -0.504 e. The van der Waals surface area contributed by atoms with Crippen molar-refractivity contribution in [2.75, 3.05) is 20.7 Å². The van der Waals surface area contributed by atoms with E-state index in [2.05, 4.69) is 11.6 Å². The Bertz CT molecular complexity index is 786. The van der Waals surface area contributed by atoms with Gasteiger partial charge in [0.1, 0.15) is 19.7 Å². The van der Waals surface area contributed by atoms with Crippen LogP contribution in [0.1, 0.15) is 48.8 Å². The van der Waals surface area contributed by atoms with Crippen LogP contribution in [0.2, 0.25) is 0 Å². The molecule has 128 valence electrons. The number of likely N-dealkylation sites (N-methyl/N-ethyl adjacent to an activating group) is 1. The smallest absolute Gasteiger partial charge is 0.237 e. The van der Waals surface area contributed by atoms with E-state index in [0.29, 0.717) is 18.6 Å². The highest BCUT2D eigenvalue weighted by molar-refractivity contribution is 6.03. The number of hydrogen-bond donors (Lipinski definition) is 2. The second kappa shape index (κ2) is 4.52. The molecule has 2 heterocycles. The van der Waals surface area contributed by atoms with Crippen LogP contribution in [0.5, 0.6) is 11.5 Å². The number of nitrogens with zero attached hydrogens (tertiary/aromatic N) is 1. The maximum absolute atomic E-state index is 10.7. The van der Waals surface area contributed by atoms with E-state index in [1.165, 1.54) is 22.4 Å². The van der Waals surface area contributed by atoms with E-state index < -0.39 is 11.9 Å². The Morgan fingerprint density at radius 1 is 1.33 bits per heavy atom. The molecule has 1 saturated carbocycles. The summed E-state index contributed by atoms with van der Waals surface area (Å²) in [5.74, 6) is -0.308. The standard InChI is InChI=1S/C19H23NO4/c1-20-8-5-11-9-13(21)17-16-15(11)12(20)3-6-18(16)7-4-14(22)19(10-18,23-2)24-17/h9,14,22H,3-8,10H2,1-2H3/p+1/t14-,18+,19+/m0/s1. The number of fused-ring (bicyclic) bond motifs is 1. The van der Waals surface area contributed by atoms with E-state index in [-0.39, 0.29) is 11.2 Å². The lowest BCUT2D eigenvalue weighted by Gasteiger charge is -2.55. The average molecular weight is 330 g/mol.